The number of amides is 2. The molecule has 1 aliphatic rings. The number of fused-ring (bicyclic) bond motifs is 1. The van der Waals surface area contributed by atoms with Crippen molar-refractivity contribution in [3.05, 3.63) is 82.7 Å². The van der Waals surface area contributed by atoms with Crippen LogP contribution in [-0.4, -0.2) is 33.0 Å². The fraction of sp³-hybridized carbons (Fsp3) is 0.292. The Morgan fingerprint density at radius 1 is 1.07 bits per heavy atom. The topological polar surface area (TPSA) is 67.2 Å². The number of hydrogen-bond acceptors (Lipinski definition) is 3. The quantitative estimate of drug-likeness (QED) is 0.700. The van der Waals surface area contributed by atoms with Gasteiger partial charge in [0.2, 0.25) is 0 Å². The Kier molecular flexibility index (Phi) is 5.65. The number of benzene rings is 2. The zero-order valence-electron chi connectivity index (χ0n) is 17.4. The summed E-state index contributed by atoms with van der Waals surface area (Å²) in [6.45, 7) is 5.95. The first-order valence-electron chi connectivity index (χ1n) is 10.4. The summed E-state index contributed by atoms with van der Waals surface area (Å²) in [4.78, 5) is 27.7. The summed E-state index contributed by atoms with van der Waals surface area (Å²) in [6, 6.07) is 17.5. The van der Waals surface area contributed by atoms with Crippen molar-refractivity contribution in [1.82, 2.24) is 14.7 Å². The molecule has 154 valence electrons. The van der Waals surface area contributed by atoms with Gasteiger partial charge in [-0.2, -0.15) is 5.10 Å². The van der Waals surface area contributed by atoms with Gasteiger partial charge in [-0.1, -0.05) is 48.9 Å². The number of carbonyl (C=O) groups excluding carboxylic acids is 2. The molecule has 2 amide bonds. The van der Waals surface area contributed by atoms with Crippen LogP contribution in [0.3, 0.4) is 0 Å². The molecule has 0 unspecified atom stereocenters. The Labute approximate surface area is 176 Å². The second-order valence-electron chi connectivity index (χ2n) is 7.72. The van der Waals surface area contributed by atoms with Gasteiger partial charge in [0.1, 0.15) is 5.69 Å². The number of aromatic nitrogens is 2. The van der Waals surface area contributed by atoms with Crippen molar-refractivity contribution in [3.8, 4) is 0 Å². The summed E-state index contributed by atoms with van der Waals surface area (Å²) in [5.41, 5.74) is 4.88. The summed E-state index contributed by atoms with van der Waals surface area (Å²) in [7, 11) is 0. The highest BCUT2D eigenvalue weighted by Gasteiger charge is 2.26. The number of aryl methyl sites for hydroxylation is 3. The number of nitrogens with zero attached hydrogens (tertiary/aromatic N) is 3. The molecule has 0 atom stereocenters. The Morgan fingerprint density at radius 2 is 1.87 bits per heavy atom. The van der Waals surface area contributed by atoms with Crippen molar-refractivity contribution < 1.29 is 9.59 Å². The van der Waals surface area contributed by atoms with E-state index >= 15 is 0 Å². The number of rotatable bonds is 5. The van der Waals surface area contributed by atoms with Gasteiger partial charge in [-0.25, -0.2) is 0 Å². The first kappa shape index (κ1) is 19.9. The molecule has 3 aromatic rings. The average molecular weight is 402 g/mol. The highest BCUT2D eigenvalue weighted by molar-refractivity contribution is 6.04. The van der Waals surface area contributed by atoms with Gasteiger partial charge < -0.3 is 10.2 Å². The van der Waals surface area contributed by atoms with Crippen LogP contribution in [0.4, 0.5) is 5.69 Å². The van der Waals surface area contributed by atoms with Crippen molar-refractivity contribution in [2.45, 2.75) is 39.8 Å². The summed E-state index contributed by atoms with van der Waals surface area (Å²) in [5.74, 6) is -0.393. The first-order valence-corrected chi connectivity index (χ1v) is 10.4. The molecule has 2 heterocycles. The predicted molar refractivity (Wildman–Crippen MR) is 117 cm³/mol. The molecular weight excluding hydrogens is 376 g/mol. The van der Waals surface area contributed by atoms with Crippen LogP contribution in [-0.2, 0) is 19.5 Å². The largest absolute Gasteiger partial charge is 0.333 e. The van der Waals surface area contributed by atoms with Crippen molar-refractivity contribution in [2.75, 3.05) is 11.9 Å². The minimum Gasteiger partial charge on any atom is -0.333 e. The molecule has 0 spiro atoms. The van der Waals surface area contributed by atoms with E-state index in [2.05, 4.69) is 23.4 Å². The lowest BCUT2D eigenvalue weighted by molar-refractivity contribution is 0.0745. The Balaban J connectivity index is 1.52. The second kappa shape index (κ2) is 8.53. The van der Waals surface area contributed by atoms with Crippen LogP contribution in [0.1, 0.15) is 51.0 Å². The fourth-order valence-electron chi connectivity index (χ4n) is 3.79. The molecule has 1 aromatic heterocycles. The van der Waals surface area contributed by atoms with Gasteiger partial charge in [0.25, 0.3) is 11.8 Å². The van der Waals surface area contributed by atoms with E-state index in [0.29, 0.717) is 25.3 Å². The fourth-order valence-corrected chi connectivity index (χ4v) is 3.79. The number of anilines is 1. The molecule has 0 aliphatic carbocycles. The Hall–Kier alpha value is -3.41. The first-order chi connectivity index (χ1) is 14.5. The second-order valence-corrected chi connectivity index (χ2v) is 7.72. The normalized spacial score (nSPS) is 13.7. The zero-order valence-corrected chi connectivity index (χ0v) is 17.4. The van der Waals surface area contributed by atoms with Crippen molar-refractivity contribution in [1.29, 1.82) is 0 Å². The van der Waals surface area contributed by atoms with E-state index in [0.717, 1.165) is 29.7 Å². The molecule has 0 saturated heterocycles. The van der Waals surface area contributed by atoms with Gasteiger partial charge in [-0.3, -0.25) is 14.3 Å². The minimum atomic E-state index is -0.304. The molecule has 6 nitrogen and oxygen atoms in total. The van der Waals surface area contributed by atoms with Crippen LogP contribution in [0.2, 0.25) is 0 Å². The lowest BCUT2D eigenvalue weighted by Gasteiger charge is -2.20. The molecule has 0 saturated carbocycles. The van der Waals surface area contributed by atoms with E-state index in [4.69, 9.17) is 0 Å². The van der Waals surface area contributed by atoms with E-state index in [1.807, 2.05) is 54.3 Å². The van der Waals surface area contributed by atoms with Gasteiger partial charge in [0, 0.05) is 31.4 Å². The van der Waals surface area contributed by atoms with Crippen LogP contribution < -0.4 is 5.32 Å². The van der Waals surface area contributed by atoms with E-state index in [9.17, 15) is 9.59 Å². The molecule has 30 heavy (non-hydrogen) atoms. The highest BCUT2D eigenvalue weighted by Crippen LogP contribution is 2.18. The van der Waals surface area contributed by atoms with Crippen molar-refractivity contribution >= 4 is 17.5 Å². The number of hydrogen-bond donors (Lipinski definition) is 1. The highest BCUT2D eigenvalue weighted by atomic mass is 16.2. The van der Waals surface area contributed by atoms with Crippen LogP contribution >= 0.6 is 0 Å². The standard InChI is InChI=1S/C24H26N4O2/c1-3-18-8-5-10-20(14-18)25-23(29)21-15-22-24(30)27(11-6-12-28(22)26-21)16-19-9-4-7-17(2)13-19/h4-5,7-10,13-15H,3,6,11-12,16H2,1-2H3,(H,25,29). The van der Waals surface area contributed by atoms with Crippen molar-refractivity contribution in [3.63, 3.8) is 0 Å². The van der Waals surface area contributed by atoms with Gasteiger partial charge in [0.05, 0.1) is 0 Å². The molecule has 2 aromatic carbocycles. The lowest BCUT2D eigenvalue weighted by Crippen LogP contribution is -2.30. The molecule has 1 aliphatic heterocycles. The predicted octanol–water partition coefficient (Wildman–Crippen LogP) is 4.05. The molecule has 1 N–H and O–H groups in total. The van der Waals surface area contributed by atoms with Gasteiger partial charge >= 0.3 is 0 Å². The van der Waals surface area contributed by atoms with Crippen molar-refractivity contribution in [2.24, 2.45) is 0 Å². The Bertz CT molecular complexity index is 1090. The SMILES string of the molecule is CCc1cccc(NC(=O)c2cc3n(n2)CCCN(Cc2cccc(C)c2)C3=O)c1. The van der Waals surface area contributed by atoms with Gasteiger partial charge in [-0.15, -0.1) is 0 Å². The Morgan fingerprint density at radius 3 is 2.67 bits per heavy atom. The van der Waals surface area contributed by atoms with Crippen LogP contribution in [0.5, 0.6) is 0 Å². The third kappa shape index (κ3) is 4.27. The van der Waals surface area contributed by atoms with E-state index < -0.39 is 0 Å². The maximum absolute atomic E-state index is 13.1. The van der Waals surface area contributed by atoms with Gasteiger partial charge in [0.15, 0.2) is 5.69 Å². The lowest BCUT2D eigenvalue weighted by atomic mass is 10.1. The molecule has 0 bridgehead atoms. The number of nitrogens with one attached hydrogen (secondary N) is 1. The van der Waals surface area contributed by atoms with E-state index in [-0.39, 0.29) is 17.5 Å². The van der Waals surface area contributed by atoms with Gasteiger partial charge in [-0.05, 0) is 43.0 Å². The monoisotopic (exact) mass is 402 g/mol. The molecular formula is C24H26N4O2. The van der Waals surface area contributed by atoms with E-state index in [1.54, 1.807) is 10.7 Å². The third-order valence-electron chi connectivity index (χ3n) is 5.37. The smallest absolute Gasteiger partial charge is 0.276 e. The third-order valence-corrected chi connectivity index (χ3v) is 5.37. The van der Waals surface area contributed by atoms with Crippen LogP contribution in [0.15, 0.2) is 54.6 Å². The molecule has 6 heteroatoms. The molecule has 4 rings (SSSR count). The maximum atomic E-state index is 13.1. The maximum Gasteiger partial charge on any atom is 0.276 e. The molecule has 0 fully saturated rings. The number of carbonyl (C=O) groups is 2. The van der Waals surface area contributed by atoms with Crippen LogP contribution in [0, 0.1) is 6.92 Å². The average Bonchev–Trinajstić information content (AvgIpc) is 3.11. The van der Waals surface area contributed by atoms with Crippen LogP contribution in [0.25, 0.3) is 0 Å². The summed E-state index contributed by atoms with van der Waals surface area (Å²) in [6.07, 6.45) is 1.69. The minimum absolute atomic E-state index is 0.0893. The zero-order chi connectivity index (χ0) is 21.1. The van der Waals surface area contributed by atoms with E-state index in [1.165, 1.54) is 5.56 Å². The summed E-state index contributed by atoms with van der Waals surface area (Å²) >= 11 is 0. The summed E-state index contributed by atoms with van der Waals surface area (Å²) < 4.78 is 1.66. The summed E-state index contributed by atoms with van der Waals surface area (Å²) in [5, 5.41) is 7.30. The molecule has 0 radical (unpaired) electrons.